The molecule has 1 saturated heterocycles. The third-order valence-electron chi connectivity index (χ3n) is 5.57. The van der Waals surface area contributed by atoms with Gasteiger partial charge < -0.3 is 4.90 Å². The maximum Gasteiger partial charge on any atom is 0.416 e. The molecule has 0 spiro atoms. The van der Waals surface area contributed by atoms with Crippen LogP contribution in [0.15, 0.2) is 46.7 Å². The predicted octanol–water partition coefficient (Wildman–Crippen LogP) is 4.75. The molecule has 2 fully saturated rings. The Balaban J connectivity index is 1.72. The Morgan fingerprint density at radius 1 is 1.05 bits per heavy atom. The first-order valence-electron chi connectivity index (χ1n) is 8.19. The Kier molecular flexibility index (Phi) is 3.24. The van der Waals surface area contributed by atoms with Gasteiger partial charge in [-0.05, 0) is 49.2 Å². The van der Waals surface area contributed by atoms with Gasteiger partial charge in [-0.3, -0.25) is 0 Å². The first-order valence-corrected chi connectivity index (χ1v) is 8.19. The van der Waals surface area contributed by atoms with Crippen LogP contribution >= 0.6 is 0 Å². The third-order valence-corrected chi connectivity index (χ3v) is 5.57. The van der Waals surface area contributed by atoms with E-state index >= 15 is 0 Å². The molecule has 0 amide bonds. The zero-order chi connectivity index (χ0) is 15.3. The second kappa shape index (κ2) is 5.04. The molecular weight excluding hydrogens is 287 g/mol. The van der Waals surface area contributed by atoms with Crippen LogP contribution in [-0.2, 0) is 0 Å². The Morgan fingerprint density at radius 2 is 1.91 bits per heavy atom. The number of rotatable bonds is 0. The minimum absolute atomic E-state index is 0.381. The van der Waals surface area contributed by atoms with Crippen molar-refractivity contribution >= 4 is 0 Å². The summed E-state index contributed by atoms with van der Waals surface area (Å²) in [7, 11) is 0. The number of allylic oxidation sites excluding steroid dienone is 6. The van der Waals surface area contributed by atoms with Crippen LogP contribution in [0.5, 0.6) is 0 Å². The highest BCUT2D eigenvalue weighted by molar-refractivity contribution is 5.48. The quantitative estimate of drug-likeness (QED) is 0.624. The van der Waals surface area contributed by atoms with Crippen molar-refractivity contribution in [2.45, 2.75) is 38.3 Å². The molecule has 2 unspecified atom stereocenters. The van der Waals surface area contributed by atoms with Crippen LogP contribution in [0.2, 0.25) is 0 Å². The zero-order valence-corrected chi connectivity index (χ0v) is 12.5. The summed E-state index contributed by atoms with van der Waals surface area (Å²) >= 11 is 0. The van der Waals surface area contributed by atoms with E-state index in [9.17, 15) is 13.2 Å². The van der Waals surface area contributed by atoms with Crippen LogP contribution in [0.4, 0.5) is 13.2 Å². The Bertz CT molecular complexity index is 606. The van der Waals surface area contributed by atoms with Gasteiger partial charge in [0.25, 0.3) is 0 Å². The molecule has 0 radical (unpaired) electrons. The number of nitrogens with zero attached hydrogens (tertiary/aromatic N) is 1. The summed E-state index contributed by atoms with van der Waals surface area (Å²) in [4.78, 5) is 2.10. The Morgan fingerprint density at radius 3 is 2.73 bits per heavy atom. The third kappa shape index (κ3) is 2.24. The fourth-order valence-corrected chi connectivity index (χ4v) is 4.47. The first-order chi connectivity index (χ1) is 10.5. The lowest BCUT2D eigenvalue weighted by Gasteiger charge is -2.45. The number of fused-ring (bicyclic) bond motifs is 5. The van der Waals surface area contributed by atoms with Gasteiger partial charge in [0.1, 0.15) is 0 Å². The molecular formula is C18H20F3N. The summed E-state index contributed by atoms with van der Waals surface area (Å²) in [5.74, 6) is 0.993. The van der Waals surface area contributed by atoms with Gasteiger partial charge in [0.05, 0.1) is 5.57 Å². The molecule has 118 valence electrons. The van der Waals surface area contributed by atoms with E-state index in [1.165, 1.54) is 43.4 Å². The van der Waals surface area contributed by atoms with Crippen molar-refractivity contribution in [3.8, 4) is 0 Å². The summed E-state index contributed by atoms with van der Waals surface area (Å²) in [6, 6.07) is 0. The monoisotopic (exact) mass is 307 g/mol. The van der Waals surface area contributed by atoms with E-state index in [1.807, 2.05) is 0 Å². The van der Waals surface area contributed by atoms with Crippen molar-refractivity contribution < 1.29 is 13.2 Å². The van der Waals surface area contributed by atoms with E-state index in [-0.39, 0.29) is 0 Å². The number of alkyl halides is 3. The molecule has 1 saturated carbocycles. The maximum atomic E-state index is 13.0. The number of hydrogen-bond acceptors (Lipinski definition) is 1. The Labute approximate surface area is 128 Å². The lowest BCUT2D eigenvalue weighted by molar-refractivity contribution is -0.0891. The molecule has 1 nitrogen and oxygen atoms in total. The smallest absolute Gasteiger partial charge is 0.368 e. The number of piperidine rings is 1. The molecule has 2 heterocycles. The second-order valence-corrected chi connectivity index (χ2v) is 6.74. The SMILES string of the molecule is FC(F)(F)C1=CCN2CCC3C(=CC=C4CCCCC43)C2=C1. The molecule has 4 rings (SSSR count). The Hall–Kier alpha value is -1.45. The van der Waals surface area contributed by atoms with Crippen molar-refractivity contribution in [3.63, 3.8) is 0 Å². The van der Waals surface area contributed by atoms with Crippen molar-refractivity contribution in [3.05, 3.63) is 46.7 Å². The van der Waals surface area contributed by atoms with Crippen LogP contribution in [0.1, 0.15) is 32.1 Å². The normalized spacial score (nSPS) is 31.1. The molecule has 2 aliphatic heterocycles. The summed E-state index contributed by atoms with van der Waals surface area (Å²) in [5.41, 5.74) is 2.99. The molecule has 0 bridgehead atoms. The molecule has 0 aromatic rings. The average Bonchev–Trinajstić information content (AvgIpc) is 2.53. The minimum atomic E-state index is -4.24. The van der Waals surface area contributed by atoms with E-state index in [0.717, 1.165) is 24.2 Å². The highest BCUT2D eigenvalue weighted by atomic mass is 19.4. The topological polar surface area (TPSA) is 3.24 Å². The lowest BCUT2D eigenvalue weighted by atomic mass is 9.67. The van der Waals surface area contributed by atoms with Crippen LogP contribution < -0.4 is 0 Å². The van der Waals surface area contributed by atoms with Crippen molar-refractivity contribution in [1.29, 1.82) is 0 Å². The summed E-state index contributed by atoms with van der Waals surface area (Å²) in [5, 5.41) is 0. The zero-order valence-electron chi connectivity index (χ0n) is 12.5. The van der Waals surface area contributed by atoms with Crippen LogP contribution in [0.25, 0.3) is 0 Å². The van der Waals surface area contributed by atoms with E-state index in [1.54, 1.807) is 0 Å². The van der Waals surface area contributed by atoms with Gasteiger partial charge in [-0.1, -0.05) is 30.2 Å². The molecule has 22 heavy (non-hydrogen) atoms. The second-order valence-electron chi connectivity index (χ2n) is 6.74. The van der Waals surface area contributed by atoms with Crippen molar-refractivity contribution in [1.82, 2.24) is 4.90 Å². The van der Waals surface area contributed by atoms with E-state index < -0.39 is 11.7 Å². The van der Waals surface area contributed by atoms with Gasteiger partial charge in [-0.15, -0.1) is 0 Å². The van der Waals surface area contributed by atoms with Crippen LogP contribution in [-0.4, -0.2) is 24.2 Å². The largest absolute Gasteiger partial charge is 0.416 e. The van der Waals surface area contributed by atoms with Gasteiger partial charge in [-0.25, -0.2) is 0 Å². The number of halogens is 3. The van der Waals surface area contributed by atoms with E-state index in [2.05, 4.69) is 17.1 Å². The molecule has 2 atom stereocenters. The molecule has 0 aromatic heterocycles. The van der Waals surface area contributed by atoms with Crippen molar-refractivity contribution in [2.75, 3.05) is 13.1 Å². The van der Waals surface area contributed by atoms with Gasteiger partial charge in [0.15, 0.2) is 0 Å². The van der Waals surface area contributed by atoms with Gasteiger partial charge in [0, 0.05) is 18.8 Å². The molecule has 0 N–H and O–H groups in total. The van der Waals surface area contributed by atoms with E-state index in [0.29, 0.717) is 18.4 Å². The van der Waals surface area contributed by atoms with Gasteiger partial charge >= 0.3 is 6.18 Å². The van der Waals surface area contributed by atoms with Gasteiger partial charge in [0.2, 0.25) is 0 Å². The van der Waals surface area contributed by atoms with Crippen LogP contribution in [0.3, 0.4) is 0 Å². The highest BCUT2D eigenvalue weighted by Crippen LogP contribution is 2.48. The summed E-state index contributed by atoms with van der Waals surface area (Å²) in [6.07, 6.45) is 8.66. The number of hydrogen-bond donors (Lipinski definition) is 0. The molecule has 0 aromatic carbocycles. The lowest BCUT2D eigenvalue weighted by Crippen LogP contribution is -2.40. The molecule has 2 aliphatic carbocycles. The predicted molar refractivity (Wildman–Crippen MR) is 80.0 cm³/mol. The molecule has 4 aliphatic rings. The fourth-order valence-electron chi connectivity index (χ4n) is 4.47. The standard InChI is InChI=1S/C18H20F3N/c19-18(20,21)13-7-9-22-10-8-15-14-4-2-1-3-12(14)5-6-16(15)17(22)11-13/h5-7,11,14-15H,1-4,8-10H2. The minimum Gasteiger partial charge on any atom is -0.368 e. The first kappa shape index (κ1) is 14.2. The van der Waals surface area contributed by atoms with Gasteiger partial charge in [-0.2, -0.15) is 13.2 Å². The maximum absolute atomic E-state index is 13.0. The highest BCUT2D eigenvalue weighted by Gasteiger charge is 2.40. The van der Waals surface area contributed by atoms with Crippen molar-refractivity contribution in [2.24, 2.45) is 11.8 Å². The average molecular weight is 307 g/mol. The molecule has 4 heteroatoms. The summed E-state index contributed by atoms with van der Waals surface area (Å²) < 4.78 is 39.1. The van der Waals surface area contributed by atoms with E-state index in [4.69, 9.17) is 0 Å². The van der Waals surface area contributed by atoms with Crippen LogP contribution in [0, 0.1) is 11.8 Å². The summed E-state index contributed by atoms with van der Waals surface area (Å²) in [6.45, 7) is 1.26. The fraction of sp³-hybridized carbons (Fsp3) is 0.556.